The van der Waals surface area contributed by atoms with Gasteiger partial charge in [0.2, 0.25) is 0 Å². The molecule has 2 rings (SSSR count). The predicted octanol–water partition coefficient (Wildman–Crippen LogP) is 1.54. The van der Waals surface area contributed by atoms with Gasteiger partial charge in [0.15, 0.2) is 0 Å². The first-order chi connectivity index (χ1) is 8.83. The van der Waals surface area contributed by atoms with Crippen LogP contribution >= 0.6 is 12.4 Å². The summed E-state index contributed by atoms with van der Waals surface area (Å²) in [5, 5.41) is 17.6. The SMILES string of the molecule is Cl.N#CCc1ccc(C2CN(CCO)CCO2)cc1. The van der Waals surface area contributed by atoms with E-state index in [4.69, 9.17) is 15.1 Å². The van der Waals surface area contributed by atoms with E-state index in [0.717, 1.165) is 24.2 Å². The maximum absolute atomic E-state index is 8.96. The molecule has 0 aliphatic carbocycles. The summed E-state index contributed by atoms with van der Waals surface area (Å²) in [4.78, 5) is 2.21. The molecule has 1 aliphatic heterocycles. The van der Waals surface area contributed by atoms with Crippen molar-refractivity contribution in [2.45, 2.75) is 12.5 Å². The lowest BCUT2D eigenvalue weighted by Gasteiger charge is -2.32. The minimum absolute atomic E-state index is 0. The Morgan fingerprint density at radius 2 is 2.11 bits per heavy atom. The van der Waals surface area contributed by atoms with Crippen LogP contribution in [0.1, 0.15) is 17.2 Å². The van der Waals surface area contributed by atoms with Crippen molar-refractivity contribution in [3.63, 3.8) is 0 Å². The minimum Gasteiger partial charge on any atom is -0.395 e. The summed E-state index contributed by atoms with van der Waals surface area (Å²) in [7, 11) is 0. The molecule has 0 aromatic heterocycles. The fourth-order valence-electron chi connectivity index (χ4n) is 2.19. The number of nitrogens with zero attached hydrogens (tertiary/aromatic N) is 2. The second-order valence-electron chi connectivity index (χ2n) is 4.46. The maximum Gasteiger partial charge on any atom is 0.0952 e. The van der Waals surface area contributed by atoms with Crippen molar-refractivity contribution in [1.82, 2.24) is 4.90 Å². The van der Waals surface area contributed by atoms with Gasteiger partial charge >= 0.3 is 0 Å². The molecule has 5 heteroatoms. The van der Waals surface area contributed by atoms with E-state index in [2.05, 4.69) is 11.0 Å². The van der Waals surface area contributed by atoms with Crippen LogP contribution in [0.15, 0.2) is 24.3 Å². The molecule has 0 saturated carbocycles. The summed E-state index contributed by atoms with van der Waals surface area (Å²) in [5.74, 6) is 0. The van der Waals surface area contributed by atoms with E-state index in [0.29, 0.717) is 19.6 Å². The third-order valence-corrected chi connectivity index (χ3v) is 3.20. The maximum atomic E-state index is 8.96. The highest BCUT2D eigenvalue weighted by Gasteiger charge is 2.21. The van der Waals surface area contributed by atoms with E-state index in [1.54, 1.807) is 0 Å². The number of aliphatic hydroxyl groups excluding tert-OH is 1. The smallest absolute Gasteiger partial charge is 0.0952 e. The third-order valence-electron chi connectivity index (χ3n) is 3.20. The van der Waals surface area contributed by atoms with Crippen LogP contribution < -0.4 is 0 Å². The number of hydrogen-bond donors (Lipinski definition) is 1. The fourth-order valence-corrected chi connectivity index (χ4v) is 2.19. The average molecular weight is 283 g/mol. The van der Waals surface area contributed by atoms with Gasteiger partial charge in [0.05, 0.1) is 31.8 Å². The molecule has 104 valence electrons. The highest BCUT2D eigenvalue weighted by molar-refractivity contribution is 5.85. The van der Waals surface area contributed by atoms with Gasteiger partial charge < -0.3 is 9.84 Å². The van der Waals surface area contributed by atoms with Crippen LogP contribution in [0, 0.1) is 11.3 Å². The first-order valence-corrected chi connectivity index (χ1v) is 6.24. The summed E-state index contributed by atoms with van der Waals surface area (Å²) in [5.41, 5.74) is 2.17. The summed E-state index contributed by atoms with van der Waals surface area (Å²) >= 11 is 0. The van der Waals surface area contributed by atoms with E-state index in [9.17, 15) is 0 Å². The van der Waals surface area contributed by atoms with Crippen LogP contribution in [0.4, 0.5) is 0 Å². The molecule has 1 fully saturated rings. The van der Waals surface area contributed by atoms with Crippen LogP contribution in [0.5, 0.6) is 0 Å². The minimum atomic E-state index is 0. The molecule has 0 radical (unpaired) electrons. The monoisotopic (exact) mass is 282 g/mol. The lowest BCUT2D eigenvalue weighted by atomic mass is 10.0. The molecule has 1 aliphatic rings. The Bertz CT molecular complexity index is 414. The number of hydrogen-bond acceptors (Lipinski definition) is 4. The Morgan fingerprint density at radius 3 is 2.74 bits per heavy atom. The Morgan fingerprint density at radius 1 is 1.37 bits per heavy atom. The Kier molecular flexibility index (Phi) is 6.82. The topological polar surface area (TPSA) is 56.5 Å². The number of ether oxygens (including phenoxy) is 1. The van der Waals surface area contributed by atoms with Gasteiger partial charge in [0.1, 0.15) is 0 Å². The molecule has 1 heterocycles. The quantitative estimate of drug-likeness (QED) is 0.910. The van der Waals surface area contributed by atoms with Crippen LogP contribution in [0.2, 0.25) is 0 Å². The largest absolute Gasteiger partial charge is 0.395 e. The van der Waals surface area contributed by atoms with Crippen LogP contribution in [0.25, 0.3) is 0 Å². The molecule has 1 unspecified atom stereocenters. The molecular weight excluding hydrogens is 264 g/mol. The molecule has 1 saturated heterocycles. The van der Waals surface area contributed by atoms with Gasteiger partial charge in [-0.1, -0.05) is 24.3 Å². The van der Waals surface area contributed by atoms with Crippen LogP contribution in [0.3, 0.4) is 0 Å². The standard InChI is InChI=1S/C14H18N2O2.ClH/c15-6-5-12-1-3-13(4-2-12)14-11-16(7-9-17)8-10-18-14;/h1-4,14,17H,5,7-11H2;1H. The zero-order valence-corrected chi connectivity index (χ0v) is 11.6. The van der Waals surface area contributed by atoms with Crippen molar-refractivity contribution in [2.24, 2.45) is 0 Å². The van der Waals surface area contributed by atoms with Gasteiger partial charge in [-0.2, -0.15) is 5.26 Å². The lowest BCUT2D eigenvalue weighted by molar-refractivity contribution is -0.0337. The molecule has 0 amide bonds. The van der Waals surface area contributed by atoms with E-state index in [-0.39, 0.29) is 25.1 Å². The molecule has 19 heavy (non-hydrogen) atoms. The number of benzene rings is 1. The van der Waals surface area contributed by atoms with Gasteiger partial charge in [-0.05, 0) is 11.1 Å². The summed E-state index contributed by atoms with van der Waals surface area (Å²) in [6.45, 7) is 3.28. The third kappa shape index (κ3) is 4.48. The van der Waals surface area contributed by atoms with Crippen molar-refractivity contribution >= 4 is 12.4 Å². The van der Waals surface area contributed by atoms with Gasteiger partial charge in [-0.3, -0.25) is 4.90 Å². The number of β-amino-alcohol motifs (C(OH)–C–C–N with tert-alkyl or cyclic N) is 1. The van der Waals surface area contributed by atoms with E-state index in [1.807, 2.05) is 24.3 Å². The molecule has 4 nitrogen and oxygen atoms in total. The summed E-state index contributed by atoms with van der Waals surface area (Å²) in [6.07, 6.45) is 0.518. The fraction of sp³-hybridized carbons (Fsp3) is 0.500. The van der Waals surface area contributed by atoms with Gasteiger partial charge in [0.25, 0.3) is 0 Å². The van der Waals surface area contributed by atoms with Gasteiger partial charge in [0, 0.05) is 19.6 Å². The zero-order valence-electron chi connectivity index (χ0n) is 10.8. The predicted molar refractivity (Wildman–Crippen MR) is 75.2 cm³/mol. The summed E-state index contributed by atoms with van der Waals surface area (Å²) < 4.78 is 5.75. The first kappa shape index (κ1) is 15.9. The van der Waals surface area contributed by atoms with E-state index >= 15 is 0 Å². The van der Waals surface area contributed by atoms with Gasteiger partial charge in [-0.15, -0.1) is 12.4 Å². The second-order valence-corrected chi connectivity index (χ2v) is 4.46. The van der Waals surface area contributed by atoms with Gasteiger partial charge in [-0.25, -0.2) is 0 Å². The van der Waals surface area contributed by atoms with Crippen LogP contribution in [-0.2, 0) is 11.2 Å². The molecule has 0 bridgehead atoms. The molecular formula is C14H19ClN2O2. The number of rotatable bonds is 4. The molecule has 1 aromatic carbocycles. The normalized spacial score (nSPS) is 19.5. The second kappa shape index (κ2) is 8.13. The van der Waals surface area contributed by atoms with E-state index in [1.165, 1.54) is 0 Å². The van der Waals surface area contributed by atoms with Crippen molar-refractivity contribution in [2.75, 3.05) is 32.8 Å². The lowest BCUT2D eigenvalue weighted by Crippen LogP contribution is -2.39. The zero-order chi connectivity index (χ0) is 12.8. The van der Waals surface area contributed by atoms with Crippen molar-refractivity contribution in [3.8, 4) is 6.07 Å². The number of aliphatic hydroxyl groups is 1. The number of morpholine rings is 1. The van der Waals surface area contributed by atoms with Crippen LogP contribution in [-0.4, -0.2) is 42.9 Å². The Balaban J connectivity index is 0.00000180. The summed E-state index contributed by atoms with van der Waals surface area (Å²) in [6, 6.07) is 10.2. The average Bonchev–Trinajstić information content (AvgIpc) is 2.41. The number of nitriles is 1. The molecule has 1 aromatic rings. The highest BCUT2D eigenvalue weighted by Crippen LogP contribution is 2.22. The van der Waals surface area contributed by atoms with Crippen molar-refractivity contribution < 1.29 is 9.84 Å². The highest BCUT2D eigenvalue weighted by atomic mass is 35.5. The molecule has 0 spiro atoms. The van der Waals surface area contributed by atoms with Crippen molar-refractivity contribution in [3.05, 3.63) is 35.4 Å². The number of halogens is 1. The Labute approximate surface area is 120 Å². The van der Waals surface area contributed by atoms with E-state index < -0.39 is 0 Å². The molecule has 1 N–H and O–H groups in total. The first-order valence-electron chi connectivity index (χ1n) is 6.24. The van der Waals surface area contributed by atoms with Crippen molar-refractivity contribution in [1.29, 1.82) is 5.26 Å². The Hall–Kier alpha value is -1.12. The molecule has 1 atom stereocenters.